The van der Waals surface area contributed by atoms with Crippen LogP contribution in [0.2, 0.25) is 0 Å². The highest BCUT2D eigenvalue weighted by Gasteiger charge is 2.25. The van der Waals surface area contributed by atoms with Gasteiger partial charge in [-0.05, 0) is 38.5 Å². The Morgan fingerprint density at radius 2 is 0.500 bits per heavy atom. The van der Waals surface area contributed by atoms with Gasteiger partial charge in [0.05, 0.1) is 12.0 Å². The highest BCUT2D eigenvalue weighted by atomic mass is 16.4. The van der Waals surface area contributed by atoms with Gasteiger partial charge in [-0.3, -0.25) is 4.79 Å². The van der Waals surface area contributed by atoms with Gasteiger partial charge in [0.2, 0.25) is 0 Å². The van der Waals surface area contributed by atoms with E-state index in [1.165, 1.54) is 295 Å². The van der Waals surface area contributed by atoms with E-state index < -0.39 is 18.0 Å². The molecule has 62 heavy (non-hydrogen) atoms. The molecule has 0 radical (unpaired) electrons. The molecule has 370 valence electrons. The molecule has 3 heteroatoms. The van der Waals surface area contributed by atoms with Crippen LogP contribution < -0.4 is 0 Å². The first-order chi connectivity index (χ1) is 30.6. The molecule has 0 saturated carbocycles. The maximum Gasteiger partial charge on any atom is 0.309 e. The molecule has 0 saturated heterocycles. The molecule has 2 unspecified atom stereocenters. The summed E-state index contributed by atoms with van der Waals surface area (Å²) in [6.45, 7) is 4.59. The number of hydrogen-bond donors (Lipinski definition) is 2. The third kappa shape index (κ3) is 50.2. The molecular formula is C59H116O3. The van der Waals surface area contributed by atoms with E-state index in [1.807, 2.05) is 0 Å². The van der Waals surface area contributed by atoms with Crippen molar-refractivity contribution < 1.29 is 15.0 Å². The van der Waals surface area contributed by atoms with Gasteiger partial charge in [0.1, 0.15) is 0 Å². The normalized spacial score (nSPS) is 12.8. The van der Waals surface area contributed by atoms with Crippen LogP contribution in [-0.2, 0) is 4.79 Å². The molecule has 2 N–H and O–H groups in total. The van der Waals surface area contributed by atoms with Gasteiger partial charge in [-0.25, -0.2) is 0 Å². The molecule has 0 spiro atoms. The number of carboxylic acids is 1. The first kappa shape index (κ1) is 61.2. The zero-order valence-corrected chi connectivity index (χ0v) is 42.9. The van der Waals surface area contributed by atoms with E-state index in [-0.39, 0.29) is 0 Å². The molecule has 0 aliphatic heterocycles. The summed E-state index contributed by atoms with van der Waals surface area (Å²) < 4.78 is 0. The molecule has 0 rings (SSSR count). The van der Waals surface area contributed by atoms with E-state index in [1.54, 1.807) is 0 Å². The lowest BCUT2D eigenvalue weighted by atomic mass is 9.91. The molecule has 0 aromatic heterocycles. The van der Waals surface area contributed by atoms with Gasteiger partial charge < -0.3 is 10.2 Å². The number of carbonyl (C=O) groups is 1. The van der Waals surface area contributed by atoms with Crippen molar-refractivity contribution in [2.24, 2.45) is 5.92 Å². The molecule has 0 aliphatic rings. The summed E-state index contributed by atoms with van der Waals surface area (Å²) >= 11 is 0. The standard InChI is InChI=1S/C59H116O3/c1-3-5-7-9-11-13-15-17-19-21-23-24-25-26-27-28-29-30-31-32-33-34-35-36-37-38-40-42-44-46-48-50-52-54-56-58(60)57(59(61)62)55-53-51-49-47-45-43-41-39-22-20-18-16-14-12-10-8-6-4-2/h30-31,57-58,60H,3-29,32-56H2,1-2H3,(H,61,62)/b31-30-. The zero-order chi connectivity index (χ0) is 44.9. The smallest absolute Gasteiger partial charge is 0.309 e. The molecule has 0 aromatic rings. The molecule has 3 nitrogen and oxygen atoms in total. The summed E-state index contributed by atoms with van der Waals surface area (Å²) in [4.78, 5) is 11.9. The number of aliphatic hydroxyl groups excluding tert-OH is 1. The van der Waals surface area contributed by atoms with Crippen LogP contribution in [0, 0.1) is 5.92 Å². The molecule has 0 amide bonds. The summed E-state index contributed by atoms with van der Waals surface area (Å²) in [5.41, 5.74) is 0. The van der Waals surface area contributed by atoms with Crippen LogP contribution in [0.15, 0.2) is 12.2 Å². The van der Waals surface area contributed by atoms with Gasteiger partial charge in [-0.1, -0.05) is 321 Å². The van der Waals surface area contributed by atoms with Crippen molar-refractivity contribution in [2.45, 2.75) is 354 Å². The fourth-order valence-corrected chi connectivity index (χ4v) is 9.73. The SMILES string of the molecule is CCCCCCCCCCCCCCCCCC/C=C\CCCCCCCCCCCCCCCCC(O)C(CCCCCCCCCCCCCCCCCCCC)C(=O)O. The van der Waals surface area contributed by atoms with Crippen LogP contribution in [0.3, 0.4) is 0 Å². The first-order valence-electron chi connectivity index (χ1n) is 29.2. The van der Waals surface area contributed by atoms with Crippen molar-refractivity contribution in [2.75, 3.05) is 0 Å². The van der Waals surface area contributed by atoms with Crippen molar-refractivity contribution in [1.29, 1.82) is 0 Å². The second kappa shape index (κ2) is 54.5. The predicted molar refractivity (Wildman–Crippen MR) is 278 cm³/mol. The summed E-state index contributed by atoms with van der Waals surface area (Å²) in [6, 6.07) is 0. The largest absolute Gasteiger partial charge is 0.481 e. The average molecular weight is 874 g/mol. The van der Waals surface area contributed by atoms with Gasteiger partial charge in [0.25, 0.3) is 0 Å². The lowest BCUT2D eigenvalue weighted by molar-refractivity contribution is -0.146. The summed E-state index contributed by atoms with van der Waals surface area (Å²) in [6.07, 6.45) is 73.8. The third-order valence-electron chi connectivity index (χ3n) is 14.2. The van der Waals surface area contributed by atoms with Gasteiger partial charge in [0, 0.05) is 0 Å². The number of aliphatic carboxylic acids is 1. The first-order valence-corrected chi connectivity index (χ1v) is 29.2. The Hall–Kier alpha value is -0.830. The van der Waals surface area contributed by atoms with Crippen LogP contribution in [0.4, 0.5) is 0 Å². The summed E-state index contributed by atoms with van der Waals surface area (Å²) in [7, 11) is 0. The number of hydrogen-bond acceptors (Lipinski definition) is 2. The molecule has 0 aliphatic carbocycles. The summed E-state index contributed by atoms with van der Waals surface area (Å²) in [5, 5.41) is 20.4. The Labute approximate surface area is 391 Å². The number of carboxylic acid groups (broad SMARTS) is 1. The Morgan fingerprint density at radius 3 is 0.726 bits per heavy atom. The van der Waals surface area contributed by atoms with E-state index in [4.69, 9.17) is 0 Å². The predicted octanol–water partition coefficient (Wildman–Crippen LogP) is 20.9. The van der Waals surface area contributed by atoms with Crippen molar-refractivity contribution in [1.82, 2.24) is 0 Å². The van der Waals surface area contributed by atoms with Crippen molar-refractivity contribution in [3.8, 4) is 0 Å². The second-order valence-corrected chi connectivity index (χ2v) is 20.4. The van der Waals surface area contributed by atoms with E-state index in [9.17, 15) is 15.0 Å². The molecule has 0 fully saturated rings. The second-order valence-electron chi connectivity index (χ2n) is 20.4. The Balaban J connectivity index is 3.39. The lowest BCUT2D eigenvalue weighted by Crippen LogP contribution is -2.28. The number of aliphatic hydroxyl groups is 1. The van der Waals surface area contributed by atoms with Crippen molar-refractivity contribution in [3.63, 3.8) is 0 Å². The van der Waals surface area contributed by atoms with E-state index in [2.05, 4.69) is 26.0 Å². The monoisotopic (exact) mass is 873 g/mol. The average Bonchev–Trinajstić information content (AvgIpc) is 3.27. The van der Waals surface area contributed by atoms with Crippen molar-refractivity contribution in [3.05, 3.63) is 12.2 Å². The molecule has 0 aromatic carbocycles. The summed E-state index contributed by atoms with van der Waals surface area (Å²) in [5.74, 6) is -1.38. The minimum Gasteiger partial charge on any atom is -0.481 e. The van der Waals surface area contributed by atoms with Crippen molar-refractivity contribution >= 4 is 5.97 Å². The van der Waals surface area contributed by atoms with E-state index in [0.717, 1.165) is 25.7 Å². The molecule has 0 heterocycles. The molecule has 0 bridgehead atoms. The van der Waals surface area contributed by atoms with Crippen LogP contribution in [0.1, 0.15) is 348 Å². The number of unbranched alkanes of at least 4 members (excludes halogenated alkanes) is 47. The van der Waals surface area contributed by atoms with E-state index in [0.29, 0.717) is 12.8 Å². The maximum absolute atomic E-state index is 11.9. The van der Waals surface area contributed by atoms with Gasteiger partial charge in [-0.2, -0.15) is 0 Å². The van der Waals surface area contributed by atoms with Gasteiger partial charge in [-0.15, -0.1) is 0 Å². The highest BCUT2D eigenvalue weighted by molar-refractivity contribution is 5.70. The fourth-order valence-electron chi connectivity index (χ4n) is 9.73. The quantitative estimate of drug-likeness (QED) is 0.0473. The number of rotatable bonds is 55. The van der Waals surface area contributed by atoms with Gasteiger partial charge in [0.15, 0.2) is 0 Å². The van der Waals surface area contributed by atoms with Crippen LogP contribution in [0.25, 0.3) is 0 Å². The minimum absolute atomic E-state index is 0.582. The van der Waals surface area contributed by atoms with Crippen LogP contribution in [-0.4, -0.2) is 22.3 Å². The topological polar surface area (TPSA) is 57.5 Å². The van der Waals surface area contributed by atoms with Crippen LogP contribution in [0.5, 0.6) is 0 Å². The Morgan fingerprint density at radius 1 is 0.306 bits per heavy atom. The lowest BCUT2D eigenvalue weighted by Gasteiger charge is -2.19. The molecule has 2 atom stereocenters. The van der Waals surface area contributed by atoms with Crippen LogP contribution >= 0.6 is 0 Å². The fraction of sp³-hybridized carbons (Fsp3) is 0.949. The Kier molecular flexibility index (Phi) is 53.8. The highest BCUT2D eigenvalue weighted by Crippen LogP contribution is 2.22. The third-order valence-corrected chi connectivity index (χ3v) is 14.2. The maximum atomic E-state index is 11.9. The Bertz CT molecular complexity index is 852. The zero-order valence-electron chi connectivity index (χ0n) is 42.9. The molecular weight excluding hydrogens is 757 g/mol. The van der Waals surface area contributed by atoms with Gasteiger partial charge >= 0.3 is 5.97 Å². The minimum atomic E-state index is -0.803. The van der Waals surface area contributed by atoms with E-state index >= 15 is 0 Å². The number of allylic oxidation sites excluding steroid dienone is 2.